The number of H-pyrrole nitrogens is 1. The van der Waals surface area contributed by atoms with Crippen molar-refractivity contribution < 1.29 is 9.53 Å². The van der Waals surface area contributed by atoms with Gasteiger partial charge in [-0.15, -0.1) is 24.8 Å². The summed E-state index contributed by atoms with van der Waals surface area (Å²) in [5, 5.41) is 3.98. The summed E-state index contributed by atoms with van der Waals surface area (Å²) in [4.78, 5) is 36.8. The fraction of sp³-hybridized carbons (Fsp3) is 0.550. The first-order chi connectivity index (χ1) is 13.5. The highest BCUT2D eigenvalue weighted by atomic mass is 35.5. The van der Waals surface area contributed by atoms with Crippen LogP contribution in [0.2, 0.25) is 0 Å². The predicted molar refractivity (Wildman–Crippen MR) is 121 cm³/mol. The Kier molecular flexibility index (Phi) is 8.63. The Balaban J connectivity index is 0.00000160. The van der Waals surface area contributed by atoms with Crippen molar-refractivity contribution in [3.05, 3.63) is 40.4 Å². The van der Waals surface area contributed by atoms with Crippen LogP contribution in [0.1, 0.15) is 19.7 Å². The molecule has 2 N–H and O–H groups in total. The minimum absolute atomic E-state index is 0. The van der Waals surface area contributed by atoms with Gasteiger partial charge in [0.05, 0.1) is 24.1 Å². The summed E-state index contributed by atoms with van der Waals surface area (Å²) in [6, 6.07) is 7.71. The van der Waals surface area contributed by atoms with Crippen LogP contribution >= 0.6 is 24.8 Å². The molecule has 30 heavy (non-hydrogen) atoms. The lowest BCUT2D eigenvalue weighted by atomic mass is 10.1. The monoisotopic (exact) mass is 457 g/mol. The second kappa shape index (κ2) is 10.5. The van der Waals surface area contributed by atoms with E-state index in [1.54, 1.807) is 6.07 Å². The zero-order chi connectivity index (χ0) is 19.7. The molecule has 4 rings (SSSR count). The molecule has 3 heterocycles. The molecule has 2 aromatic rings. The second-order valence-electron chi connectivity index (χ2n) is 7.64. The molecule has 2 fully saturated rings. The number of amides is 1. The van der Waals surface area contributed by atoms with E-state index in [0.717, 1.165) is 6.54 Å². The fourth-order valence-electron chi connectivity index (χ4n) is 3.97. The van der Waals surface area contributed by atoms with Crippen LogP contribution in [-0.2, 0) is 16.1 Å². The van der Waals surface area contributed by atoms with Crippen molar-refractivity contribution in [1.29, 1.82) is 0 Å². The van der Waals surface area contributed by atoms with Gasteiger partial charge < -0.3 is 19.9 Å². The molecular formula is C20H29Cl2N5O3. The van der Waals surface area contributed by atoms with Crippen LogP contribution in [0.5, 0.6) is 0 Å². The standard InChI is InChI=1S/C20H27N5O3.2ClH/c1-13-14(2)25(8-7-21-13)20(27)17-11-24(9-10-28-17)12-18-22-16-6-4-3-5-15(16)19(26)23-18;;/h3-6,13-14,17,21H,7-12H2,1-2H3,(H,22,23,26);2*1H. The van der Waals surface area contributed by atoms with E-state index in [-0.39, 0.29) is 48.4 Å². The number of fused-ring (bicyclic) bond motifs is 1. The number of carbonyl (C=O) groups excluding carboxylic acids is 1. The van der Waals surface area contributed by atoms with Crippen molar-refractivity contribution in [2.75, 3.05) is 32.8 Å². The normalized spacial score (nSPS) is 24.7. The van der Waals surface area contributed by atoms with Crippen LogP contribution in [0.4, 0.5) is 0 Å². The number of hydrogen-bond donors (Lipinski definition) is 2. The quantitative estimate of drug-likeness (QED) is 0.718. The van der Waals surface area contributed by atoms with Crippen LogP contribution < -0.4 is 10.9 Å². The van der Waals surface area contributed by atoms with Crippen LogP contribution in [-0.4, -0.2) is 76.6 Å². The highest BCUT2D eigenvalue weighted by Gasteiger charge is 2.35. The molecule has 1 aromatic carbocycles. The summed E-state index contributed by atoms with van der Waals surface area (Å²) in [6.07, 6.45) is -0.478. The summed E-state index contributed by atoms with van der Waals surface area (Å²) in [5.74, 6) is 0.659. The van der Waals surface area contributed by atoms with Gasteiger partial charge in [0.15, 0.2) is 0 Å². The molecule has 3 atom stereocenters. The van der Waals surface area contributed by atoms with Crippen LogP contribution in [0.15, 0.2) is 29.1 Å². The van der Waals surface area contributed by atoms with Crippen molar-refractivity contribution in [3.63, 3.8) is 0 Å². The zero-order valence-corrected chi connectivity index (χ0v) is 18.8. The lowest BCUT2D eigenvalue weighted by Gasteiger charge is -2.41. The maximum absolute atomic E-state index is 13.0. The molecule has 2 aliphatic heterocycles. The summed E-state index contributed by atoms with van der Waals surface area (Å²) in [7, 11) is 0. The Bertz CT molecular complexity index is 925. The minimum atomic E-state index is -0.478. The van der Waals surface area contributed by atoms with Gasteiger partial charge in [-0.3, -0.25) is 14.5 Å². The first-order valence-electron chi connectivity index (χ1n) is 9.88. The molecule has 2 saturated heterocycles. The first-order valence-corrected chi connectivity index (χ1v) is 9.88. The first kappa shape index (κ1) is 24.6. The number of para-hydroxylation sites is 1. The minimum Gasteiger partial charge on any atom is -0.366 e. The summed E-state index contributed by atoms with van der Waals surface area (Å²) in [5.41, 5.74) is 0.552. The van der Waals surface area contributed by atoms with Crippen LogP contribution in [0.3, 0.4) is 0 Å². The number of rotatable bonds is 3. The third-order valence-electron chi connectivity index (χ3n) is 5.78. The van der Waals surface area contributed by atoms with Gasteiger partial charge in [0, 0.05) is 38.3 Å². The summed E-state index contributed by atoms with van der Waals surface area (Å²) >= 11 is 0. The molecule has 0 saturated carbocycles. The molecule has 0 aliphatic carbocycles. The molecule has 0 spiro atoms. The molecule has 166 valence electrons. The van der Waals surface area contributed by atoms with Crippen LogP contribution in [0.25, 0.3) is 10.9 Å². The van der Waals surface area contributed by atoms with Crippen molar-refractivity contribution in [2.24, 2.45) is 0 Å². The molecule has 10 heteroatoms. The fourth-order valence-corrected chi connectivity index (χ4v) is 3.97. The molecule has 1 aromatic heterocycles. The molecular weight excluding hydrogens is 429 g/mol. The van der Waals surface area contributed by atoms with Gasteiger partial charge in [-0.2, -0.15) is 0 Å². The molecule has 8 nitrogen and oxygen atoms in total. The van der Waals surface area contributed by atoms with Gasteiger partial charge in [0.1, 0.15) is 11.9 Å². The molecule has 0 bridgehead atoms. The Hall–Kier alpha value is -1.71. The highest BCUT2D eigenvalue weighted by molar-refractivity contribution is 5.85. The highest BCUT2D eigenvalue weighted by Crippen LogP contribution is 2.16. The molecule has 0 radical (unpaired) electrons. The Morgan fingerprint density at radius 1 is 1.23 bits per heavy atom. The van der Waals surface area contributed by atoms with E-state index in [9.17, 15) is 9.59 Å². The topological polar surface area (TPSA) is 90.6 Å². The number of halogens is 2. The van der Waals surface area contributed by atoms with Gasteiger partial charge in [-0.25, -0.2) is 4.98 Å². The maximum Gasteiger partial charge on any atom is 0.258 e. The number of nitrogens with zero attached hydrogens (tertiary/aromatic N) is 3. The number of benzene rings is 1. The SMILES string of the molecule is CC1NCCN(C(=O)C2CN(Cc3nc4ccccc4c(=O)[nH]3)CCO2)C1C.Cl.Cl. The van der Waals surface area contributed by atoms with Crippen molar-refractivity contribution >= 4 is 41.6 Å². The van der Waals surface area contributed by atoms with Crippen molar-refractivity contribution in [1.82, 2.24) is 25.1 Å². The molecule has 1 amide bonds. The number of piperazine rings is 1. The zero-order valence-electron chi connectivity index (χ0n) is 17.2. The lowest BCUT2D eigenvalue weighted by Crippen LogP contribution is -2.61. The molecule has 2 aliphatic rings. The summed E-state index contributed by atoms with van der Waals surface area (Å²) < 4.78 is 5.79. The number of carbonyl (C=O) groups is 1. The lowest BCUT2D eigenvalue weighted by molar-refractivity contribution is -0.153. The van der Waals surface area contributed by atoms with Crippen molar-refractivity contribution in [3.8, 4) is 0 Å². The average Bonchev–Trinajstić information content (AvgIpc) is 2.70. The Morgan fingerprint density at radius 2 is 2.00 bits per heavy atom. The van der Waals surface area contributed by atoms with E-state index in [4.69, 9.17) is 4.74 Å². The van der Waals surface area contributed by atoms with Gasteiger partial charge in [0.2, 0.25) is 0 Å². The van der Waals surface area contributed by atoms with E-state index in [1.807, 2.05) is 23.1 Å². The van der Waals surface area contributed by atoms with E-state index in [1.165, 1.54) is 0 Å². The van der Waals surface area contributed by atoms with E-state index < -0.39 is 6.10 Å². The smallest absolute Gasteiger partial charge is 0.258 e. The summed E-state index contributed by atoms with van der Waals surface area (Å²) in [6.45, 7) is 7.85. The van der Waals surface area contributed by atoms with E-state index >= 15 is 0 Å². The number of ether oxygens (including phenoxy) is 1. The number of aromatic nitrogens is 2. The third-order valence-corrected chi connectivity index (χ3v) is 5.78. The number of nitrogens with one attached hydrogen (secondary N) is 2. The largest absolute Gasteiger partial charge is 0.366 e. The molecule has 3 unspecified atom stereocenters. The maximum atomic E-state index is 13.0. The number of hydrogen-bond acceptors (Lipinski definition) is 6. The Morgan fingerprint density at radius 3 is 2.80 bits per heavy atom. The van der Waals surface area contributed by atoms with Gasteiger partial charge >= 0.3 is 0 Å². The predicted octanol–water partition coefficient (Wildman–Crippen LogP) is 1.18. The third kappa shape index (κ3) is 5.12. The number of aromatic amines is 1. The van der Waals surface area contributed by atoms with E-state index in [2.05, 4.69) is 34.0 Å². The Labute approximate surface area is 188 Å². The van der Waals surface area contributed by atoms with E-state index in [0.29, 0.717) is 49.5 Å². The average molecular weight is 458 g/mol. The van der Waals surface area contributed by atoms with Gasteiger partial charge in [-0.1, -0.05) is 12.1 Å². The second-order valence-corrected chi connectivity index (χ2v) is 7.64. The number of morpholine rings is 1. The van der Waals surface area contributed by atoms with Gasteiger partial charge in [-0.05, 0) is 26.0 Å². The van der Waals surface area contributed by atoms with Gasteiger partial charge in [0.25, 0.3) is 11.5 Å². The van der Waals surface area contributed by atoms with Crippen LogP contribution in [0, 0.1) is 0 Å². The van der Waals surface area contributed by atoms with Crippen molar-refractivity contribution in [2.45, 2.75) is 38.6 Å².